The van der Waals surface area contributed by atoms with E-state index < -0.39 is 11.9 Å². The van der Waals surface area contributed by atoms with Gasteiger partial charge in [-0.1, -0.05) is 37.6 Å². The number of ether oxygens (including phenoxy) is 1. The zero-order valence-corrected chi connectivity index (χ0v) is 17.1. The van der Waals surface area contributed by atoms with Gasteiger partial charge in [-0.2, -0.15) is 4.39 Å². The Kier molecular flexibility index (Phi) is 6.82. The van der Waals surface area contributed by atoms with Crippen molar-refractivity contribution in [3.63, 3.8) is 0 Å². The number of amides is 1. The third-order valence-electron chi connectivity index (χ3n) is 4.88. The number of nitrogens with one attached hydrogen (secondary N) is 3. The van der Waals surface area contributed by atoms with Crippen LogP contribution in [0.4, 0.5) is 15.9 Å². The van der Waals surface area contributed by atoms with Crippen LogP contribution in [0.3, 0.4) is 0 Å². The highest BCUT2D eigenvalue weighted by Gasteiger charge is 2.24. The van der Waals surface area contributed by atoms with Gasteiger partial charge in [0.2, 0.25) is 5.97 Å². The highest BCUT2D eigenvalue weighted by molar-refractivity contribution is 6.37. The quantitative estimate of drug-likeness (QED) is 0.576. The number of rotatable bonds is 6. The summed E-state index contributed by atoms with van der Waals surface area (Å²) >= 11 is 6.31. The van der Waals surface area contributed by atoms with Crippen LogP contribution in [-0.4, -0.2) is 36.1 Å². The molecular weight excluding hydrogens is 395 g/mol. The number of benzene rings is 1. The minimum Gasteiger partial charge on any atom is -0.381 e. The number of hydrogen-bond donors (Lipinski definition) is 3. The van der Waals surface area contributed by atoms with Crippen LogP contribution in [0, 0.1) is 5.41 Å². The molecule has 0 bridgehead atoms. The minimum atomic E-state index is -1.24. The molecule has 8 heteroatoms. The second-order valence-corrected chi connectivity index (χ2v) is 7.66. The maximum absolute atomic E-state index is 14.0. The molecule has 6 nitrogen and oxygen atoms in total. The van der Waals surface area contributed by atoms with Gasteiger partial charge in [-0.05, 0) is 36.5 Å². The Morgan fingerprint density at radius 1 is 1.28 bits per heavy atom. The van der Waals surface area contributed by atoms with Crippen LogP contribution in [0.15, 0.2) is 30.5 Å². The maximum atomic E-state index is 14.0. The zero-order chi connectivity index (χ0) is 21.0. The van der Waals surface area contributed by atoms with Crippen molar-refractivity contribution in [3.05, 3.63) is 52.2 Å². The van der Waals surface area contributed by atoms with E-state index in [4.69, 9.17) is 21.7 Å². The summed E-state index contributed by atoms with van der Waals surface area (Å²) in [5.74, 6) is -1.22. The summed E-state index contributed by atoms with van der Waals surface area (Å²) in [6.07, 6.45) is 2.79. The second-order valence-electron chi connectivity index (χ2n) is 7.29. The Morgan fingerprint density at radius 3 is 2.52 bits per heavy atom. The number of nitrogens with zero attached hydrogens (tertiary/aromatic N) is 1. The Labute approximate surface area is 174 Å². The molecule has 1 aromatic heterocycles. The van der Waals surface area contributed by atoms with Gasteiger partial charge in [0.15, 0.2) is 0 Å². The van der Waals surface area contributed by atoms with Crippen molar-refractivity contribution in [2.75, 3.05) is 23.8 Å². The smallest absolute Gasteiger partial charge is 0.258 e. The van der Waals surface area contributed by atoms with Crippen LogP contribution in [0.1, 0.15) is 54.1 Å². The summed E-state index contributed by atoms with van der Waals surface area (Å²) in [4.78, 5) is 16.8. The first kappa shape index (κ1) is 21.2. The molecule has 154 valence electrons. The molecule has 0 saturated carbocycles. The van der Waals surface area contributed by atoms with Crippen molar-refractivity contribution in [2.45, 2.75) is 38.6 Å². The maximum Gasteiger partial charge on any atom is 0.258 e. The number of aromatic nitrogens is 1. The largest absolute Gasteiger partial charge is 0.381 e. The number of carbonyl (C=O) groups excluding carboxylic acids is 1. The number of anilines is 2. The molecule has 0 radical (unpaired) electrons. The highest BCUT2D eigenvalue weighted by atomic mass is 35.5. The molecule has 2 heterocycles. The number of halogens is 2. The van der Waals surface area contributed by atoms with Gasteiger partial charge in [0.25, 0.3) is 5.91 Å². The van der Waals surface area contributed by atoms with Gasteiger partial charge in [0.1, 0.15) is 5.82 Å². The fraction of sp³-hybridized carbons (Fsp3) is 0.381. The molecule has 1 aliphatic rings. The van der Waals surface area contributed by atoms with E-state index in [1.807, 2.05) is 12.1 Å². The molecule has 3 rings (SSSR count). The molecule has 1 fully saturated rings. The lowest BCUT2D eigenvalue weighted by molar-refractivity contribution is 0.0904. The molecule has 0 atom stereocenters. The monoisotopic (exact) mass is 418 g/mol. The van der Waals surface area contributed by atoms with Crippen LogP contribution in [0.25, 0.3) is 0 Å². The van der Waals surface area contributed by atoms with Crippen LogP contribution >= 0.6 is 11.6 Å². The van der Waals surface area contributed by atoms with Crippen molar-refractivity contribution < 1.29 is 13.9 Å². The van der Waals surface area contributed by atoms with Gasteiger partial charge in [0.05, 0.1) is 16.1 Å². The van der Waals surface area contributed by atoms with Gasteiger partial charge in [-0.15, -0.1) is 0 Å². The molecule has 3 N–H and O–H groups in total. The van der Waals surface area contributed by atoms with Crippen LogP contribution in [-0.2, 0) is 4.74 Å². The van der Waals surface area contributed by atoms with Crippen molar-refractivity contribution >= 4 is 35.0 Å². The molecule has 1 saturated heterocycles. The van der Waals surface area contributed by atoms with Gasteiger partial charge in [-0.3, -0.25) is 10.2 Å². The summed E-state index contributed by atoms with van der Waals surface area (Å²) in [7, 11) is 0. The normalized spacial score (nSPS) is 14.7. The molecule has 29 heavy (non-hydrogen) atoms. The predicted octanol–water partition coefficient (Wildman–Crippen LogP) is 5.00. The Balaban J connectivity index is 1.82. The first-order valence-electron chi connectivity index (χ1n) is 9.55. The van der Waals surface area contributed by atoms with Gasteiger partial charge < -0.3 is 15.4 Å². The molecule has 2 aromatic rings. The van der Waals surface area contributed by atoms with E-state index in [9.17, 15) is 9.18 Å². The Hall–Kier alpha value is -2.51. The molecule has 0 aliphatic carbocycles. The molecular formula is C21H24ClFN4O2. The molecule has 1 aliphatic heterocycles. The van der Waals surface area contributed by atoms with E-state index in [0.717, 1.165) is 18.4 Å². The first-order chi connectivity index (χ1) is 13.9. The average Bonchev–Trinajstić information content (AvgIpc) is 2.69. The fourth-order valence-corrected chi connectivity index (χ4v) is 3.45. The average molecular weight is 419 g/mol. The summed E-state index contributed by atoms with van der Waals surface area (Å²) in [6.45, 7) is 5.37. The van der Waals surface area contributed by atoms with E-state index in [1.54, 1.807) is 12.1 Å². The third kappa shape index (κ3) is 5.10. The summed E-state index contributed by atoms with van der Waals surface area (Å²) in [6, 6.07) is 7.51. The zero-order valence-electron chi connectivity index (χ0n) is 16.4. The molecule has 0 unspecified atom stereocenters. The highest BCUT2D eigenvalue weighted by Crippen LogP contribution is 2.29. The van der Waals surface area contributed by atoms with Crippen molar-refractivity contribution in [1.82, 2.24) is 4.98 Å². The van der Waals surface area contributed by atoms with E-state index in [0.29, 0.717) is 24.8 Å². The van der Waals surface area contributed by atoms with Crippen molar-refractivity contribution in [2.24, 2.45) is 0 Å². The van der Waals surface area contributed by atoms with Gasteiger partial charge >= 0.3 is 0 Å². The summed E-state index contributed by atoms with van der Waals surface area (Å²) < 4.78 is 19.3. The topological polar surface area (TPSA) is 87.1 Å². The SMILES string of the molecule is CC(C)c1ccc(NC(=O)c2cnc(NC3CCOCC3)c(C(=N)F)c2Cl)cc1. The minimum absolute atomic E-state index is 0.00882. The van der Waals surface area contributed by atoms with Crippen LogP contribution in [0.2, 0.25) is 5.02 Å². The van der Waals surface area contributed by atoms with E-state index in [-0.39, 0.29) is 28.0 Å². The predicted molar refractivity (Wildman–Crippen MR) is 113 cm³/mol. The second kappa shape index (κ2) is 9.33. The number of hydrogen-bond acceptors (Lipinski definition) is 5. The van der Waals surface area contributed by atoms with Crippen LogP contribution in [0.5, 0.6) is 0 Å². The Morgan fingerprint density at radius 2 is 1.93 bits per heavy atom. The van der Waals surface area contributed by atoms with Crippen molar-refractivity contribution in [1.29, 1.82) is 5.41 Å². The standard InChI is InChI=1S/C21H24ClFN4O2/c1-12(2)13-3-5-14(6-4-13)27-21(28)16-11-25-20(17(18(16)22)19(23)24)26-15-7-9-29-10-8-15/h3-6,11-12,15,24H,7-10H2,1-2H3,(H,25,26)(H,27,28). The fourth-order valence-electron chi connectivity index (χ4n) is 3.14. The summed E-state index contributed by atoms with van der Waals surface area (Å²) in [5, 5.41) is 13.2. The molecule has 1 aromatic carbocycles. The lowest BCUT2D eigenvalue weighted by Crippen LogP contribution is -2.29. The van der Waals surface area contributed by atoms with E-state index in [1.165, 1.54) is 6.20 Å². The summed E-state index contributed by atoms with van der Waals surface area (Å²) in [5.41, 5.74) is 1.55. The molecule has 1 amide bonds. The van der Waals surface area contributed by atoms with Crippen molar-refractivity contribution in [3.8, 4) is 0 Å². The Bertz CT molecular complexity index is 896. The van der Waals surface area contributed by atoms with Gasteiger partial charge in [0, 0.05) is 31.1 Å². The van der Waals surface area contributed by atoms with E-state index in [2.05, 4.69) is 29.5 Å². The first-order valence-corrected chi connectivity index (χ1v) is 9.93. The van der Waals surface area contributed by atoms with Gasteiger partial charge in [-0.25, -0.2) is 4.98 Å². The molecule has 0 spiro atoms. The van der Waals surface area contributed by atoms with Crippen LogP contribution < -0.4 is 10.6 Å². The van der Waals surface area contributed by atoms with E-state index >= 15 is 0 Å². The number of pyridine rings is 1. The lowest BCUT2D eigenvalue weighted by atomic mass is 10.0. The number of carbonyl (C=O) groups is 1. The lowest BCUT2D eigenvalue weighted by Gasteiger charge is -2.24. The third-order valence-corrected chi connectivity index (χ3v) is 5.27.